The van der Waals surface area contributed by atoms with Crippen molar-refractivity contribution in [3.63, 3.8) is 0 Å². The molecule has 9 heteroatoms. The number of H-pyrrole nitrogens is 1. The SMILES string of the molecule is CCCCCCC(N)c1nc(-c2ccc(NC(=O)OC)cc2NC=O)c(F)[nH]1. The fraction of sp³-hybridized carbons (Fsp3) is 0.421. The highest BCUT2D eigenvalue weighted by Gasteiger charge is 2.19. The normalized spacial score (nSPS) is 11.7. The van der Waals surface area contributed by atoms with Crippen LogP contribution in [0.2, 0.25) is 0 Å². The summed E-state index contributed by atoms with van der Waals surface area (Å²) in [5.74, 6) is -0.278. The molecule has 1 atom stereocenters. The van der Waals surface area contributed by atoms with Crippen molar-refractivity contribution in [1.29, 1.82) is 0 Å². The lowest BCUT2D eigenvalue weighted by Gasteiger charge is -2.10. The van der Waals surface area contributed by atoms with Gasteiger partial charge in [-0.2, -0.15) is 4.39 Å². The molecule has 0 aliphatic carbocycles. The monoisotopic (exact) mass is 391 g/mol. The van der Waals surface area contributed by atoms with E-state index in [1.54, 1.807) is 12.1 Å². The van der Waals surface area contributed by atoms with E-state index < -0.39 is 18.1 Å². The van der Waals surface area contributed by atoms with Crippen molar-refractivity contribution < 1.29 is 18.7 Å². The molecule has 2 aromatic rings. The molecule has 5 N–H and O–H groups in total. The number of ether oxygens (including phenoxy) is 1. The largest absolute Gasteiger partial charge is 0.453 e. The van der Waals surface area contributed by atoms with Gasteiger partial charge in [-0.05, 0) is 24.6 Å². The number of halogens is 1. The number of aromatic amines is 1. The summed E-state index contributed by atoms with van der Waals surface area (Å²) in [6.07, 6.45) is 4.78. The summed E-state index contributed by atoms with van der Waals surface area (Å²) in [6.45, 7) is 2.13. The lowest BCUT2D eigenvalue weighted by molar-refractivity contribution is -0.105. The van der Waals surface area contributed by atoms with E-state index in [9.17, 15) is 14.0 Å². The third-order valence-corrected chi connectivity index (χ3v) is 4.32. The van der Waals surface area contributed by atoms with E-state index in [-0.39, 0.29) is 11.4 Å². The van der Waals surface area contributed by atoms with E-state index in [0.29, 0.717) is 29.9 Å². The summed E-state index contributed by atoms with van der Waals surface area (Å²) in [6, 6.07) is 4.19. The Morgan fingerprint density at radius 1 is 1.39 bits per heavy atom. The van der Waals surface area contributed by atoms with Crippen molar-refractivity contribution in [2.45, 2.75) is 45.1 Å². The summed E-state index contributed by atoms with van der Waals surface area (Å²) < 4.78 is 19.0. The summed E-state index contributed by atoms with van der Waals surface area (Å²) in [5.41, 5.74) is 7.21. The van der Waals surface area contributed by atoms with Gasteiger partial charge in [0.25, 0.3) is 0 Å². The Morgan fingerprint density at radius 3 is 2.86 bits per heavy atom. The quantitative estimate of drug-likeness (QED) is 0.361. The van der Waals surface area contributed by atoms with Gasteiger partial charge in [0.1, 0.15) is 11.5 Å². The number of nitrogens with zero attached hydrogens (tertiary/aromatic N) is 1. The number of methoxy groups -OCH3 is 1. The van der Waals surface area contributed by atoms with E-state index in [2.05, 4.69) is 32.3 Å². The van der Waals surface area contributed by atoms with E-state index in [1.165, 1.54) is 13.2 Å². The van der Waals surface area contributed by atoms with Gasteiger partial charge in [-0.25, -0.2) is 9.78 Å². The lowest BCUT2D eigenvalue weighted by Crippen LogP contribution is -2.12. The average Bonchev–Trinajstić information content (AvgIpc) is 3.07. The minimum atomic E-state index is -0.660. The van der Waals surface area contributed by atoms with Crippen LogP contribution in [0.5, 0.6) is 0 Å². The molecule has 1 aromatic carbocycles. The Bertz CT molecular complexity index is 809. The van der Waals surface area contributed by atoms with E-state index in [4.69, 9.17) is 5.73 Å². The number of rotatable bonds is 10. The summed E-state index contributed by atoms with van der Waals surface area (Å²) in [4.78, 5) is 29.2. The second-order valence-corrected chi connectivity index (χ2v) is 6.38. The highest BCUT2D eigenvalue weighted by molar-refractivity contribution is 5.90. The van der Waals surface area contributed by atoms with Gasteiger partial charge in [0, 0.05) is 11.3 Å². The van der Waals surface area contributed by atoms with Gasteiger partial charge >= 0.3 is 6.09 Å². The zero-order valence-corrected chi connectivity index (χ0v) is 16.0. The fourth-order valence-corrected chi connectivity index (χ4v) is 2.83. The van der Waals surface area contributed by atoms with E-state index in [0.717, 1.165) is 25.7 Å². The minimum Gasteiger partial charge on any atom is -0.453 e. The van der Waals surface area contributed by atoms with Gasteiger partial charge in [0.2, 0.25) is 12.4 Å². The number of imidazole rings is 1. The van der Waals surface area contributed by atoms with Crippen LogP contribution in [0.1, 0.15) is 50.9 Å². The molecular formula is C19H26FN5O3. The molecule has 0 aliphatic rings. The first-order chi connectivity index (χ1) is 13.5. The summed E-state index contributed by atoms with van der Waals surface area (Å²) in [7, 11) is 1.24. The first-order valence-corrected chi connectivity index (χ1v) is 9.20. The Balaban J connectivity index is 2.25. The summed E-state index contributed by atoms with van der Waals surface area (Å²) in [5, 5.41) is 4.98. The van der Waals surface area contributed by atoms with Crippen LogP contribution in [0.15, 0.2) is 18.2 Å². The third kappa shape index (κ3) is 5.53. The number of carbonyl (C=O) groups is 2. The molecule has 8 nitrogen and oxygen atoms in total. The van der Waals surface area contributed by atoms with Crippen molar-refractivity contribution in [3.8, 4) is 11.3 Å². The Hall–Kier alpha value is -2.94. The molecular weight excluding hydrogens is 365 g/mol. The zero-order chi connectivity index (χ0) is 20.5. The molecule has 0 fully saturated rings. The van der Waals surface area contributed by atoms with Crippen LogP contribution >= 0.6 is 0 Å². The Labute approximate surface area is 163 Å². The first-order valence-electron chi connectivity index (χ1n) is 9.20. The molecule has 1 aromatic heterocycles. The van der Waals surface area contributed by atoms with Gasteiger partial charge in [0.15, 0.2) is 0 Å². The van der Waals surface area contributed by atoms with Crippen LogP contribution in [0.3, 0.4) is 0 Å². The highest BCUT2D eigenvalue weighted by Crippen LogP contribution is 2.32. The number of unbranched alkanes of at least 4 members (excludes halogenated alkanes) is 3. The number of amides is 2. The second-order valence-electron chi connectivity index (χ2n) is 6.38. The minimum absolute atomic E-state index is 0.0491. The molecule has 0 aliphatic heterocycles. The number of nitrogens with one attached hydrogen (secondary N) is 3. The smallest absolute Gasteiger partial charge is 0.411 e. The lowest BCUT2D eigenvalue weighted by atomic mass is 10.1. The molecule has 2 rings (SSSR count). The maximum absolute atomic E-state index is 14.5. The van der Waals surface area contributed by atoms with Gasteiger partial charge in [-0.3, -0.25) is 10.1 Å². The van der Waals surface area contributed by atoms with Crippen LogP contribution < -0.4 is 16.4 Å². The number of carbonyl (C=O) groups excluding carboxylic acids is 2. The van der Waals surface area contributed by atoms with Gasteiger partial charge < -0.3 is 20.8 Å². The molecule has 0 spiro atoms. The Morgan fingerprint density at radius 2 is 2.18 bits per heavy atom. The molecule has 0 saturated carbocycles. The van der Waals surface area contributed by atoms with Crippen LogP contribution in [-0.4, -0.2) is 29.6 Å². The number of anilines is 2. The second kappa shape index (κ2) is 10.4. The van der Waals surface area contributed by atoms with Crippen LogP contribution in [0.4, 0.5) is 20.6 Å². The molecule has 1 unspecified atom stereocenters. The van der Waals surface area contributed by atoms with Gasteiger partial charge in [-0.1, -0.05) is 32.6 Å². The standard InChI is InChI=1S/C19H26FN5O3/c1-3-4-5-6-7-14(21)18-24-16(17(20)25-18)13-9-8-12(23-19(27)28-2)10-15(13)22-11-26/h8-11,14H,3-7,21H2,1-2H3,(H,22,26)(H,23,27)(H,24,25). The van der Waals surface area contributed by atoms with Crippen molar-refractivity contribution >= 4 is 23.9 Å². The number of hydrogen-bond donors (Lipinski definition) is 4. The zero-order valence-electron chi connectivity index (χ0n) is 16.0. The molecule has 0 bridgehead atoms. The molecule has 0 radical (unpaired) electrons. The van der Waals surface area contributed by atoms with Crippen LogP contribution in [-0.2, 0) is 9.53 Å². The van der Waals surface area contributed by atoms with Crippen molar-refractivity contribution in [2.24, 2.45) is 5.73 Å². The predicted octanol–water partition coefficient (Wildman–Crippen LogP) is 3.93. The topological polar surface area (TPSA) is 122 Å². The maximum atomic E-state index is 14.5. The fourth-order valence-electron chi connectivity index (χ4n) is 2.83. The van der Waals surface area contributed by atoms with E-state index in [1.807, 2.05) is 0 Å². The number of benzene rings is 1. The number of aromatic nitrogens is 2. The maximum Gasteiger partial charge on any atom is 0.411 e. The highest BCUT2D eigenvalue weighted by atomic mass is 19.1. The summed E-state index contributed by atoms with van der Waals surface area (Å²) >= 11 is 0. The van der Waals surface area contributed by atoms with Crippen molar-refractivity contribution in [3.05, 3.63) is 30.0 Å². The van der Waals surface area contributed by atoms with E-state index >= 15 is 0 Å². The molecule has 152 valence electrons. The number of nitrogens with two attached hydrogens (primary N) is 1. The predicted molar refractivity (Wildman–Crippen MR) is 105 cm³/mol. The molecule has 2 amide bonds. The third-order valence-electron chi connectivity index (χ3n) is 4.32. The first kappa shape index (κ1) is 21.4. The van der Waals surface area contributed by atoms with Gasteiger partial charge in [0.05, 0.1) is 18.8 Å². The van der Waals surface area contributed by atoms with Gasteiger partial charge in [-0.15, -0.1) is 0 Å². The molecule has 1 heterocycles. The van der Waals surface area contributed by atoms with Crippen LogP contribution in [0.25, 0.3) is 11.3 Å². The van der Waals surface area contributed by atoms with Crippen molar-refractivity contribution in [1.82, 2.24) is 9.97 Å². The van der Waals surface area contributed by atoms with Crippen LogP contribution in [0, 0.1) is 5.95 Å². The number of hydrogen-bond acceptors (Lipinski definition) is 5. The Kier molecular flexibility index (Phi) is 7.94. The molecule has 0 saturated heterocycles. The average molecular weight is 391 g/mol. The molecule has 28 heavy (non-hydrogen) atoms. The van der Waals surface area contributed by atoms with Crippen molar-refractivity contribution in [2.75, 3.05) is 17.7 Å².